The Labute approximate surface area is 158 Å². The van der Waals surface area contributed by atoms with E-state index in [0.29, 0.717) is 32.0 Å². The number of piperazine rings is 1. The number of hydrogen-bond acceptors (Lipinski definition) is 6. The number of halogens is 1. The van der Waals surface area contributed by atoms with Crippen molar-refractivity contribution < 1.29 is 17.9 Å². The molecular weight excluding hydrogens is 371 g/mol. The third-order valence-corrected chi connectivity index (χ3v) is 6.46. The van der Waals surface area contributed by atoms with Crippen molar-refractivity contribution in [2.75, 3.05) is 45.1 Å². The molecule has 9 heteroatoms. The minimum absolute atomic E-state index is 0.0541. The monoisotopic (exact) mass is 394 g/mol. The summed E-state index contributed by atoms with van der Waals surface area (Å²) in [4.78, 5) is 6.32. The molecule has 2 heterocycles. The van der Waals surface area contributed by atoms with Crippen LogP contribution in [0.1, 0.15) is 11.7 Å². The van der Waals surface area contributed by atoms with Gasteiger partial charge >= 0.3 is 0 Å². The lowest BCUT2D eigenvalue weighted by Crippen LogP contribution is -2.47. The van der Waals surface area contributed by atoms with Gasteiger partial charge in [0.2, 0.25) is 10.0 Å². The molecule has 0 saturated carbocycles. The number of likely N-dealkylation sites (N-methyl/N-ethyl adjacent to an activating group) is 1. The summed E-state index contributed by atoms with van der Waals surface area (Å²) in [7, 11) is -1.60. The van der Waals surface area contributed by atoms with Gasteiger partial charge in [-0.1, -0.05) is 18.2 Å². The summed E-state index contributed by atoms with van der Waals surface area (Å²) < 4.78 is 40.4. The highest BCUT2D eigenvalue weighted by atomic mass is 32.2. The van der Waals surface area contributed by atoms with Gasteiger partial charge in [0.15, 0.2) is 0 Å². The number of benzene rings is 1. The van der Waals surface area contributed by atoms with Crippen molar-refractivity contribution in [3.63, 3.8) is 0 Å². The Hall–Kier alpha value is -2.07. The van der Waals surface area contributed by atoms with Gasteiger partial charge in [-0.15, -0.1) is 0 Å². The van der Waals surface area contributed by atoms with Gasteiger partial charge < -0.3 is 15.3 Å². The van der Waals surface area contributed by atoms with Gasteiger partial charge in [0.25, 0.3) is 0 Å². The third-order valence-electron chi connectivity index (χ3n) is 4.58. The molecule has 0 radical (unpaired) electrons. The number of rotatable bonds is 6. The number of pyridine rings is 1. The Morgan fingerprint density at radius 2 is 1.89 bits per heavy atom. The summed E-state index contributed by atoms with van der Waals surface area (Å²) in [5, 5.41) is 13.0. The second-order valence-corrected chi connectivity index (χ2v) is 8.44. The van der Waals surface area contributed by atoms with E-state index in [-0.39, 0.29) is 17.0 Å². The maximum atomic E-state index is 13.7. The molecule has 1 aliphatic rings. The molecule has 0 aliphatic carbocycles. The maximum Gasteiger partial charge on any atom is 0.244 e. The molecule has 2 N–H and O–H groups in total. The third kappa shape index (κ3) is 4.62. The van der Waals surface area contributed by atoms with E-state index in [1.165, 1.54) is 34.8 Å². The fourth-order valence-electron chi connectivity index (χ4n) is 2.87. The van der Waals surface area contributed by atoms with Crippen molar-refractivity contribution in [3.05, 3.63) is 54.0 Å². The molecule has 7 nitrogen and oxygen atoms in total. The highest BCUT2D eigenvalue weighted by Crippen LogP contribution is 2.20. The second kappa shape index (κ2) is 8.30. The highest BCUT2D eigenvalue weighted by molar-refractivity contribution is 7.89. The molecule has 1 aliphatic heterocycles. The zero-order valence-corrected chi connectivity index (χ0v) is 15.9. The smallest absolute Gasteiger partial charge is 0.244 e. The van der Waals surface area contributed by atoms with Crippen LogP contribution >= 0.6 is 0 Å². The van der Waals surface area contributed by atoms with E-state index in [9.17, 15) is 17.9 Å². The van der Waals surface area contributed by atoms with Gasteiger partial charge in [-0.3, -0.25) is 0 Å². The minimum atomic E-state index is -3.56. The van der Waals surface area contributed by atoms with Crippen LogP contribution in [0, 0.1) is 5.82 Å². The van der Waals surface area contributed by atoms with E-state index in [1.807, 2.05) is 7.05 Å². The second-order valence-electron chi connectivity index (χ2n) is 6.50. The number of anilines is 1. The summed E-state index contributed by atoms with van der Waals surface area (Å²) in [6.45, 7) is 2.35. The van der Waals surface area contributed by atoms with Crippen molar-refractivity contribution in [1.82, 2.24) is 14.2 Å². The Kier molecular flexibility index (Phi) is 6.05. The zero-order valence-electron chi connectivity index (χ0n) is 15.0. The van der Waals surface area contributed by atoms with Crippen LogP contribution in [0.2, 0.25) is 0 Å². The summed E-state index contributed by atoms with van der Waals surface area (Å²) in [5.41, 5.74) is 0.194. The molecule has 1 atom stereocenters. The van der Waals surface area contributed by atoms with Crippen molar-refractivity contribution in [3.8, 4) is 0 Å². The topological polar surface area (TPSA) is 85.8 Å². The largest absolute Gasteiger partial charge is 0.386 e. The summed E-state index contributed by atoms with van der Waals surface area (Å²) in [6, 6.07) is 9.03. The van der Waals surface area contributed by atoms with Crippen LogP contribution in [-0.2, 0) is 10.0 Å². The molecule has 0 spiro atoms. The first-order valence-electron chi connectivity index (χ1n) is 8.69. The molecule has 0 amide bonds. The van der Waals surface area contributed by atoms with Crippen LogP contribution in [0.5, 0.6) is 0 Å². The SMILES string of the molecule is CN1CCN(S(=O)(=O)c2ccc(NCC(O)c3ccccc3F)nc2)CC1. The molecular formula is C18H23FN4O3S. The molecule has 1 aromatic carbocycles. The Balaban J connectivity index is 1.62. The molecule has 146 valence electrons. The normalized spacial score (nSPS) is 17.6. The first-order chi connectivity index (χ1) is 12.9. The molecule has 1 unspecified atom stereocenters. The molecule has 1 aromatic heterocycles. The van der Waals surface area contributed by atoms with Gasteiger partial charge in [-0.25, -0.2) is 17.8 Å². The number of nitrogens with one attached hydrogen (secondary N) is 1. The molecule has 27 heavy (non-hydrogen) atoms. The van der Waals surface area contributed by atoms with E-state index >= 15 is 0 Å². The molecule has 2 aromatic rings. The van der Waals surface area contributed by atoms with Crippen LogP contribution in [0.4, 0.5) is 10.2 Å². The van der Waals surface area contributed by atoms with E-state index in [0.717, 1.165) is 0 Å². The Morgan fingerprint density at radius 1 is 1.19 bits per heavy atom. The standard InChI is InChI=1S/C18H23FN4O3S/c1-22-8-10-23(11-9-22)27(25,26)14-6-7-18(20-12-14)21-13-17(24)15-4-2-3-5-16(15)19/h2-7,12,17,24H,8-11,13H2,1H3,(H,20,21). The number of aromatic nitrogens is 1. The number of hydrogen-bond donors (Lipinski definition) is 2. The van der Waals surface area contributed by atoms with E-state index in [1.54, 1.807) is 12.1 Å². The molecule has 3 rings (SSSR count). The average molecular weight is 394 g/mol. The van der Waals surface area contributed by atoms with E-state index < -0.39 is 21.9 Å². The van der Waals surface area contributed by atoms with Crippen LogP contribution in [-0.4, -0.2) is 67.5 Å². The van der Waals surface area contributed by atoms with Crippen LogP contribution in [0.3, 0.4) is 0 Å². The lowest BCUT2D eigenvalue weighted by molar-refractivity contribution is 0.186. The van der Waals surface area contributed by atoms with Crippen LogP contribution in [0.25, 0.3) is 0 Å². The van der Waals surface area contributed by atoms with Gasteiger partial charge in [-0.05, 0) is 25.2 Å². The zero-order chi connectivity index (χ0) is 19.4. The summed E-state index contributed by atoms with van der Waals surface area (Å²) in [5.74, 6) is -0.0731. The van der Waals surface area contributed by atoms with Crippen molar-refractivity contribution in [1.29, 1.82) is 0 Å². The fraction of sp³-hybridized carbons (Fsp3) is 0.389. The number of aliphatic hydroxyl groups is 1. The van der Waals surface area contributed by atoms with Gasteiger partial charge in [0.1, 0.15) is 16.5 Å². The first kappa shape index (κ1) is 19.7. The quantitative estimate of drug-likeness (QED) is 0.768. The summed E-state index contributed by atoms with van der Waals surface area (Å²) >= 11 is 0. The Bertz CT molecular complexity index is 868. The van der Waals surface area contributed by atoms with Gasteiger partial charge in [0.05, 0.1) is 6.10 Å². The number of sulfonamides is 1. The van der Waals surface area contributed by atoms with E-state index in [2.05, 4.69) is 15.2 Å². The highest BCUT2D eigenvalue weighted by Gasteiger charge is 2.27. The summed E-state index contributed by atoms with van der Waals surface area (Å²) in [6.07, 6.45) is 0.257. The average Bonchev–Trinajstić information content (AvgIpc) is 2.67. The van der Waals surface area contributed by atoms with Gasteiger partial charge in [-0.2, -0.15) is 4.31 Å². The van der Waals surface area contributed by atoms with E-state index in [4.69, 9.17) is 0 Å². The van der Waals surface area contributed by atoms with Crippen molar-refractivity contribution >= 4 is 15.8 Å². The maximum absolute atomic E-state index is 13.7. The minimum Gasteiger partial charge on any atom is -0.386 e. The van der Waals surface area contributed by atoms with Crippen LogP contribution < -0.4 is 5.32 Å². The van der Waals surface area contributed by atoms with Crippen molar-refractivity contribution in [2.45, 2.75) is 11.0 Å². The number of nitrogens with zero attached hydrogens (tertiary/aromatic N) is 3. The number of aliphatic hydroxyl groups excluding tert-OH is 1. The van der Waals surface area contributed by atoms with Crippen molar-refractivity contribution in [2.24, 2.45) is 0 Å². The molecule has 1 fully saturated rings. The van der Waals surface area contributed by atoms with Crippen LogP contribution in [0.15, 0.2) is 47.5 Å². The molecule has 0 bridgehead atoms. The fourth-order valence-corrected chi connectivity index (χ4v) is 4.24. The lowest BCUT2D eigenvalue weighted by atomic mass is 10.1. The predicted octanol–water partition coefficient (Wildman–Crippen LogP) is 1.30. The molecule has 1 saturated heterocycles. The first-order valence-corrected chi connectivity index (χ1v) is 10.1. The van der Waals surface area contributed by atoms with Gasteiger partial charge in [0, 0.05) is 44.5 Å². The predicted molar refractivity (Wildman–Crippen MR) is 100 cm³/mol. The lowest BCUT2D eigenvalue weighted by Gasteiger charge is -2.31. The Morgan fingerprint density at radius 3 is 2.52 bits per heavy atom.